The molecule has 1 aromatic rings. The quantitative estimate of drug-likeness (QED) is 0.638. The summed E-state index contributed by atoms with van der Waals surface area (Å²) in [4.78, 5) is 11.7. The number of carboxylic acids is 1. The predicted molar refractivity (Wildman–Crippen MR) is 59.1 cm³/mol. The van der Waals surface area contributed by atoms with Crippen molar-refractivity contribution in [3.8, 4) is 0 Å². The van der Waals surface area contributed by atoms with E-state index in [0.29, 0.717) is 5.56 Å². The molecule has 0 saturated carbocycles. The van der Waals surface area contributed by atoms with Crippen molar-refractivity contribution in [3.05, 3.63) is 29.8 Å². The van der Waals surface area contributed by atoms with Crippen LogP contribution < -0.4 is 0 Å². The van der Waals surface area contributed by atoms with Crippen LogP contribution >= 0.6 is 23.4 Å². The Kier molecular flexibility index (Phi) is 4.29. The number of hydrogen-bond acceptors (Lipinski definition) is 2. The molecule has 1 N–H and O–H groups in total. The Labute approximate surface area is 92.3 Å². The van der Waals surface area contributed by atoms with Crippen LogP contribution in [0.4, 0.5) is 0 Å². The SMILES string of the molecule is CCSc1ccc(C(Cl)C(=O)O)cc1. The van der Waals surface area contributed by atoms with Crippen molar-refractivity contribution in [2.45, 2.75) is 17.2 Å². The van der Waals surface area contributed by atoms with Gasteiger partial charge in [-0.1, -0.05) is 19.1 Å². The smallest absolute Gasteiger partial charge is 0.326 e. The van der Waals surface area contributed by atoms with Crippen molar-refractivity contribution < 1.29 is 9.90 Å². The Morgan fingerprint density at radius 1 is 1.50 bits per heavy atom. The van der Waals surface area contributed by atoms with E-state index in [2.05, 4.69) is 6.92 Å². The van der Waals surface area contributed by atoms with E-state index in [-0.39, 0.29) is 0 Å². The lowest BCUT2D eigenvalue weighted by atomic mass is 10.1. The summed E-state index contributed by atoms with van der Waals surface area (Å²) in [5.74, 6) is -0.00896. The second-order valence-electron chi connectivity index (χ2n) is 2.70. The molecule has 1 rings (SSSR count). The summed E-state index contributed by atoms with van der Waals surface area (Å²) in [5, 5.41) is 7.72. The first-order valence-electron chi connectivity index (χ1n) is 4.24. The van der Waals surface area contributed by atoms with Gasteiger partial charge in [-0.15, -0.1) is 23.4 Å². The summed E-state index contributed by atoms with van der Waals surface area (Å²) >= 11 is 7.38. The van der Waals surface area contributed by atoms with Gasteiger partial charge < -0.3 is 5.11 Å². The van der Waals surface area contributed by atoms with Crippen molar-refractivity contribution in [3.63, 3.8) is 0 Å². The van der Waals surface area contributed by atoms with Crippen molar-refractivity contribution >= 4 is 29.3 Å². The number of benzene rings is 1. The van der Waals surface area contributed by atoms with Crippen molar-refractivity contribution in [2.24, 2.45) is 0 Å². The van der Waals surface area contributed by atoms with Crippen LogP contribution in [0.2, 0.25) is 0 Å². The first-order valence-corrected chi connectivity index (χ1v) is 5.67. The van der Waals surface area contributed by atoms with Crippen LogP contribution in [0.15, 0.2) is 29.2 Å². The van der Waals surface area contributed by atoms with E-state index in [1.54, 1.807) is 23.9 Å². The first kappa shape index (κ1) is 11.4. The fourth-order valence-electron chi connectivity index (χ4n) is 1.04. The van der Waals surface area contributed by atoms with Crippen LogP contribution in [0.3, 0.4) is 0 Å². The minimum Gasteiger partial charge on any atom is -0.480 e. The molecule has 0 bridgehead atoms. The van der Waals surface area contributed by atoms with Gasteiger partial charge >= 0.3 is 5.97 Å². The van der Waals surface area contributed by atoms with Crippen molar-refractivity contribution in [1.29, 1.82) is 0 Å². The molecule has 0 saturated heterocycles. The molecule has 14 heavy (non-hydrogen) atoms. The van der Waals surface area contributed by atoms with Gasteiger partial charge in [0.25, 0.3) is 0 Å². The molecule has 76 valence electrons. The van der Waals surface area contributed by atoms with Crippen molar-refractivity contribution in [2.75, 3.05) is 5.75 Å². The maximum atomic E-state index is 10.6. The van der Waals surface area contributed by atoms with Crippen LogP contribution in [-0.2, 0) is 4.79 Å². The zero-order valence-electron chi connectivity index (χ0n) is 7.74. The lowest BCUT2D eigenvalue weighted by Gasteiger charge is -2.05. The lowest BCUT2D eigenvalue weighted by Crippen LogP contribution is -2.04. The molecule has 1 unspecified atom stereocenters. The molecular formula is C10H11ClO2S. The third-order valence-corrected chi connectivity index (χ3v) is 3.03. The van der Waals surface area contributed by atoms with E-state index < -0.39 is 11.3 Å². The molecule has 4 heteroatoms. The normalized spacial score (nSPS) is 12.4. The van der Waals surface area contributed by atoms with E-state index in [1.807, 2.05) is 12.1 Å². The Morgan fingerprint density at radius 2 is 2.07 bits per heavy atom. The highest BCUT2D eigenvalue weighted by Crippen LogP contribution is 2.24. The number of aliphatic carboxylic acids is 1. The Morgan fingerprint density at radius 3 is 2.50 bits per heavy atom. The van der Waals surface area contributed by atoms with Gasteiger partial charge in [-0.25, -0.2) is 0 Å². The zero-order valence-corrected chi connectivity index (χ0v) is 9.31. The fourth-order valence-corrected chi connectivity index (χ4v) is 1.85. The second kappa shape index (κ2) is 5.27. The van der Waals surface area contributed by atoms with Crippen LogP contribution in [-0.4, -0.2) is 16.8 Å². The van der Waals surface area contributed by atoms with Gasteiger partial charge in [-0.2, -0.15) is 0 Å². The Hall–Kier alpha value is -0.670. The van der Waals surface area contributed by atoms with Gasteiger partial charge in [0.2, 0.25) is 0 Å². The molecule has 0 aliphatic heterocycles. The van der Waals surface area contributed by atoms with Gasteiger partial charge in [0, 0.05) is 4.90 Å². The van der Waals surface area contributed by atoms with Gasteiger partial charge in [-0.3, -0.25) is 4.79 Å². The number of carbonyl (C=O) groups is 1. The minimum absolute atomic E-state index is 0.625. The summed E-state index contributed by atoms with van der Waals surface area (Å²) in [6, 6.07) is 7.29. The Balaban J connectivity index is 2.77. The molecule has 0 heterocycles. The highest BCUT2D eigenvalue weighted by Gasteiger charge is 2.15. The van der Waals surface area contributed by atoms with Crippen LogP contribution in [0.25, 0.3) is 0 Å². The summed E-state index contributed by atoms with van der Waals surface area (Å²) < 4.78 is 0. The van der Waals surface area contributed by atoms with Crippen LogP contribution in [0.5, 0.6) is 0 Å². The lowest BCUT2D eigenvalue weighted by molar-refractivity contribution is -0.136. The number of carboxylic acid groups (broad SMARTS) is 1. The third-order valence-electron chi connectivity index (χ3n) is 1.70. The maximum absolute atomic E-state index is 10.6. The zero-order chi connectivity index (χ0) is 10.6. The van der Waals surface area contributed by atoms with Gasteiger partial charge in [0.05, 0.1) is 0 Å². The summed E-state index contributed by atoms with van der Waals surface area (Å²) in [6.45, 7) is 2.07. The number of halogens is 1. The van der Waals surface area contributed by atoms with E-state index in [4.69, 9.17) is 16.7 Å². The number of thioether (sulfide) groups is 1. The molecule has 0 aromatic heterocycles. The van der Waals surface area contributed by atoms with Gasteiger partial charge in [0.15, 0.2) is 5.38 Å². The average Bonchev–Trinajstić information content (AvgIpc) is 2.18. The maximum Gasteiger partial charge on any atom is 0.326 e. The first-order chi connectivity index (χ1) is 6.65. The molecule has 0 aliphatic carbocycles. The molecule has 1 atom stereocenters. The second-order valence-corrected chi connectivity index (χ2v) is 4.48. The number of hydrogen-bond donors (Lipinski definition) is 1. The number of alkyl halides is 1. The predicted octanol–water partition coefficient (Wildman–Crippen LogP) is 3.16. The fraction of sp³-hybridized carbons (Fsp3) is 0.300. The standard InChI is InChI=1S/C10H11ClO2S/c1-2-14-8-5-3-7(4-6-8)9(11)10(12)13/h3-6,9H,2H2,1H3,(H,12,13). The monoisotopic (exact) mass is 230 g/mol. The summed E-state index contributed by atoms with van der Waals surface area (Å²) in [7, 11) is 0. The van der Waals surface area contributed by atoms with Gasteiger partial charge in [-0.05, 0) is 23.4 Å². The van der Waals surface area contributed by atoms with Crippen molar-refractivity contribution in [1.82, 2.24) is 0 Å². The highest BCUT2D eigenvalue weighted by molar-refractivity contribution is 7.99. The topological polar surface area (TPSA) is 37.3 Å². The highest BCUT2D eigenvalue weighted by atomic mass is 35.5. The summed E-state index contributed by atoms with van der Waals surface area (Å²) in [5.41, 5.74) is 0.625. The molecule has 0 fully saturated rings. The molecule has 0 spiro atoms. The largest absolute Gasteiger partial charge is 0.480 e. The van der Waals surface area contributed by atoms with Crippen LogP contribution in [0.1, 0.15) is 17.9 Å². The van der Waals surface area contributed by atoms with Crippen LogP contribution in [0, 0.1) is 0 Å². The molecular weight excluding hydrogens is 220 g/mol. The molecule has 1 aromatic carbocycles. The van der Waals surface area contributed by atoms with E-state index in [0.717, 1.165) is 10.6 Å². The van der Waals surface area contributed by atoms with E-state index in [9.17, 15) is 4.79 Å². The molecule has 0 aliphatic rings. The number of rotatable bonds is 4. The van der Waals surface area contributed by atoms with E-state index in [1.165, 1.54) is 0 Å². The Bertz CT molecular complexity index is 310. The average molecular weight is 231 g/mol. The summed E-state index contributed by atoms with van der Waals surface area (Å²) in [6.07, 6.45) is 0. The minimum atomic E-state index is -1.01. The third kappa shape index (κ3) is 2.93. The van der Waals surface area contributed by atoms with Gasteiger partial charge in [0.1, 0.15) is 0 Å². The van der Waals surface area contributed by atoms with E-state index >= 15 is 0 Å². The molecule has 2 nitrogen and oxygen atoms in total. The molecule has 0 amide bonds. The molecule has 0 radical (unpaired) electrons.